The molecule has 2 heterocycles. The molecule has 2 aliphatic rings. The molecule has 0 radical (unpaired) electrons. The van der Waals surface area contributed by atoms with E-state index in [2.05, 4.69) is 17.0 Å². The second-order valence-corrected chi connectivity index (χ2v) is 8.94. The maximum Gasteiger partial charge on any atom is 0.302 e. The minimum atomic E-state index is -0.308. The van der Waals surface area contributed by atoms with Gasteiger partial charge in [-0.05, 0) is 54.2 Å². The van der Waals surface area contributed by atoms with E-state index in [9.17, 15) is 9.59 Å². The third-order valence-corrected chi connectivity index (χ3v) is 6.37. The van der Waals surface area contributed by atoms with Gasteiger partial charge in [-0.3, -0.25) is 9.59 Å². The van der Waals surface area contributed by atoms with E-state index in [4.69, 9.17) is 9.57 Å². The fraction of sp³-hybridized carbons (Fsp3) is 0.233. The fourth-order valence-corrected chi connectivity index (χ4v) is 4.48. The van der Waals surface area contributed by atoms with Crippen molar-refractivity contribution in [3.05, 3.63) is 101 Å². The summed E-state index contributed by atoms with van der Waals surface area (Å²) in [5.74, 6) is 6.21. The molecule has 0 saturated carbocycles. The number of carbonyl (C=O) groups excluding carboxylic acids is 2. The highest BCUT2D eigenvalue weighted by Gasteiger charge is 2.28. The number of hydrogen-bond donors (Lipinski definition) is 0. The van der Waals surface area contributed by atoms with E-state index in [-0.39, 0.29) is 24.4 Å². The molecule has 0 spiro atoms. The van der Waals surface area contributed by atoms with Gasteiger partial charge in [0, 0.05) is 24.6 Å². The van der Waals surface area contributed by atoms with Crippen molar-refractivity contribution in [3.8, 4) is 11.8 Å². The lowest BCUT2D eigenvalue weighted by molar-refractivity contribution is -0.142. The monoisotopic (exact) mass is 478 g/mol. The van der Waals surface area contributed by atoms with E-state index in [1.807, 2.05) is 77.7 Å². The Kier molecular flexibility index (Phi) is 6.81. The Balaban J connectivity index is 1.40. The Morgan fingerprint density at radius 1 is 1.03 bits per heavy atom. The first-order valence-corrected chi connectivity index (χ1v) is 12.0. The number of nitrogens with zero attached hydrogens (tertiary/aromatic N) is 2. The standard InChI is InChI=1S/C30H26N2O4/c1-21(33)35-20-22-10-12-25(13-11-22)28-18-23(16-17-36-31-28)19-32-29-9-5-3-7-26(29)15-14-24-6-2-4-8-27(24)30(32)34/h2-13,23H,16-20H2,1H3. The Labute approximate surface area is 210 Å². The molecule has 1 atom stereocenters. The fourth-order valence-electron chi connectivity index (χ4n) is 4.48. The molecule has 1 amide bonds. The number of oxime groups is 1. The van der Waals surface area contributed by atoms with E-state index in [0.29, 0.717) is 25.1 Å². The van der Waals surface area contributed by atoms with Gasteiger partial charge in [0.05, 0.1) is 17.0 Å². The van der Waals surface area contributed by atoms with E-state index in [0.717, 1.165) is 40.1 Å². The first-order chi connectivity index (χ1) is 17.6. The molecule has 180 valence electrons. The van der Waals surface area contributed by atoms with Crippen LogP contribution in [0.2, 0.25) is 0 Å². The van der Waals surface area contributed by atoms with Gasteiger partial charge in [0.15, 0.2) is 0 Å². The van der Waals surface area contributed by atoms with Crippen LogP contribution in [0.1, 0.15) is 52.4 Å². The third-order valence-electron chi connectivity index (χ3n) is 6.37. The zero-order chi connectivity index (χ0) is 24.9. The lowest BCUT2D eigenvalue weighted by Gasteiger charge is -2.29. The SMILES string of the molecule is CC(=O)OCc1ccc(C2=NOCCC(CN3C(=O)c4ccccc4C#Cc4ccccc43)C2)cc1. The highest BCUT2D eigenvalue weighted by Crippen LogP contribution is 2.29. The summed E-state index contributed by atoms with van der Waals surface area (Å²) < 4.78 is 5.08. The summed E-state index contributed by atoms with van der Waals surface area (Å²) in [5.41, 5.74) is 5.70. The van der Waals surface area contributed by atoms with Crippen LogP contribution in [0.4, 0.5) is 5.69 Å². The quantitative estimate of drug-likeness (QED) is 0.385. The second kappa shape index (κ2) is 10.5. The number of carbonyl (C=O) groups is 2. The van der Waals surface area contributed by atoms with Gasteiger partial charge in [-0.25, -0.2) is 0 Å². The van der Waals surface area contributed by atoms with Crippen LogP contribution in [0.15, 0.2) is 78.0 Å². The van der Waals surface area contributed by atoms with Crippen molar-refractivity contribution in [2.75, 3.05) is 18.1 Å². The van der Waals surface area contributed by atoms with E-state index in [1.54, 1.807) is 0 Å². The summed E-state index contributed by atoms with van der Waals surface area (Å²) in [4.78, 5) is 32.3. The largest absolute Gasteiger partial charge is 0.461 e. The van der Waals surface area contributed by atoms with Gasteiger partial charge < -0.3 is 14.5 Å². The Bertz CT molecular complexity index is 1380. The Morgan fingerprint density at radius 2 is 1.75 bits per heavy atom. The molecular formula is C30H26N2O4. The number of benzene rings is 3. The zero-order valence-corrected chi connectivity index (χ0v) is 20.1. The molecule has 0 aliphatic carbocycles. The summed E-state index contributed by atoms with van der Waals surface area (Å²) in [5, 5.41) is 4.38. The van der Waals surface area contributed by atoms with Crippen LogP contribution in [-0.2, 0) is 21.0 Å². The predicted molar refractivity (Wildman–Crippen MR) is 138 cm³/mol. The molecule has 3 aromatic carbocycles. The maximum absolute atomic E-state index is 13.8. The summed E-state index contributed by atoms with van der Waals surface area (Å²) in [6.07, 6.45) is 1.44. The topological polar surface area (TPSA) is 68.2 Å². The maximum atomic E-state index is 13.8. The predicted octanol–water partition coefficient (Wildman–Crippen LogP) is 4.94. The molecule has 0 fully saturated rings. The molecule has 0 bridgehead atoms. The van der Waals surface area contributed by atoms with Gasteiger partial charge in [-0.1, -0.05) is 65.5 Å². The number of amides is 1. The lowest BCUT2D eigenvalue weighted by Crippen LogP contribution is -2.37. The molecule has 0 N–H and O–H groups in total. The zero-order valence-electron chi connectivity index (χ0n) is 20.1. The van der Waals surface area contributed by atoms with Gasteiger partial charge in [-0.15, -0.1) is 0 Å². The van der Waals surface area contributed by atoms with Crippen molar-refractivity contribution in [1.29, 1.82) is 0 Å². The Hall–Kier alpha value is -4.37. The number of esters is 1. The molecule has 0 saturated heterocycles. The average molecular weight is 479 g/mol. The molecule has 1 unspecified atom stereocenters. The molecule has 36 heavy (non-hydrogen) atoms. The molecular weight excluding hydrogens is 452 g/mol. The van der Waals surface area contributed by atoms with Crippen molar-refractivity contribution in [1.82, 2.24) is 0 Å². The van der Waals surface area contributed by atoms with E-state index < -0.39 is 0 Å². The van der Waals surface area contributed by atoms with Crippen LogP contribution < -0.4 is 4.90 Å². The molecule has 6 nitrogen and oxygen atoms in total. The van der Waals surface area contributed by atoms with Crippen molar-refractivity contribution in [2.24, 2.45) is 11.1 Å². The first kappa shape index (κ1) is 23.4. The van der Waals surface area contributed by atoms with Crippen molar-refractivity contribution in [3.63, 3.8) is 0 Å². The van der Waals surface area contributed by atoms with E-state index in [1.165, 1.54) is 6.92 Å². The smallest absolute Gasteiger partial charge is 0.302 e. The van der Waals surface area contributed by atoms with Gasteiger partial charge in [0.1, 0.15) is 13.2 Å². The molecule has 3 aromatic rings. The number of hydrogen-bond acceptors (Lipinski definition) is 5. The highest BCUT2D eigenvalue weighted by atomic mass is 16.6. The highest BCUT2D eigenvalue weighted by molar-refractivity contribution is 6.09. The normalized spacial score (nSPS) is 16.6. The van der Waals surface area contributed by atoms with Crippen LogP contribution in [0.3, 0.4) is 0 Å². The Morgan fingerprint density at radius 3 is 2.56 bits per heavy atom. The molecule has 5 rings (SSSR count). The lowest BCUT2D eigenvalue weighted by atomic mass is 9.93. The minimum absolute atomic E-state index is 0.0504. The summed E-state index contributed by atoms with van der Waals surface area (Å²) >= 11 is 0. The van der Waals surface area contributed by atoms with Gasteiger partial charge >= 0.3 is 5.97 Å². The van der Waals surface area contributed by atoms with E-state index >= 15 is 0 Å². The van der Waals surface area contributed by atoms with Crippen molar-refractivity contribution >= 4 is 23.3 Å². The molecule has 0 aromatic heterocycles. The summed E-state index contributed by atoms with van der Waals surface area (Å²) in [6, 6.07) is 23.1. The van der Waals surface area contributed by atoms with Crippen LogP contribution in [0.5, 0.6) is 0 Å². The number of fused-ring (bicyclic) bond motifs is 2. The first-order valence-electron chi connectivity index (χ1n) is 12.0. The van der Waals surface area contributed by atoms with Crippen molar-refractivity contribution in [2.45, 2.75) is 26.4 Å². The molecule has 6 heteroatoms. The number of anilines is 1. The molecule has 2 aliphatic heterocycles. The second-order valence-electron chi connectivity index (χ2n) is 8.94. The number of para-hydroxylation sites is 1. The van der Waals surface area contributed by atoms with Gasteiger partial charge in [0.25, 0.3) is 5.91 Å². The van der Waals surface area contributed by atoms with Crippen LogP contribution in [-0.4, -0.2) is 30.7 Å². The number of rotatable bonds is 5. The van der Waals surface area contributed by atoms with Gasteiger partial charge in [0.2, 0.25) is 0 Å². The van der Waals surface area contributed by atoms with Crippen LogP contribution >= 0.6 is 0 Å². The van der Waals surface area contributed by atoms with Crippen LogP contribution in [0, 0.1) is 17.8 Å². The minimum Gasteiger partial charge on any atom is -0.461 e. The van der Waals surface area contributed by atoms with Crippen molar-refractivity contribution < 1.29 is 19.2 Å². The third kappa shape index (κ3) is 5.16. The van der Waals surface area contributed by atoms with Gasteiger partial charge in [-0.2, -0.15) is 0 Å². The average Bonchev–Trinajstić information content (AvgIpc) is 3.15. The number of ether oxygens (including phenoxy) is 1. The summed E-state index contributed by atoms with van der Waals surface area (Å²) in [7, 11) is 0. The summed E-state index contributed by atoms with van der Waals surface area (Å²) in [6.45, 7) is 2.64. The van der Waals surface area contributed by atoms with Crippen LogP contribution in [0.25, 0.3) is 0 Å².